The minimum Gasteiger partial charge on any atom is -0.484 e. The molecule has 1 aromatic rings. The Bertz CT molecular complexity index is 716. The Morgan fingerprint density at radius 1 is 1.37 bits per heavy atom. The third kappa shape index (κ3) is 9.37. The van der Waals surface area contributed by atoms with Crippen molar-refractivity contribution in [1.29, 1.82) is 0 Å². The molecule has 170 valence electrons. The summed E-state index contributed by atoms with van der Waals surface area (Å²) in [7, 11) is 4.94. The highest BCUT2D eigenvalue weighted by Gasteiger charge is 2.34. The number of halogens is 4. The zero-order valence-corrected chi connectivity index (χ0v) is 19.7. The molecule has 0 saturated carbocycles. The summed E-state index contributed by atoms with van der Waals surface area (Å²) >= 11 is 0. The van der Waals surface area contributed by atoms with Gasteiger partial charge in [-0.3, -0.25) is 14.7 Å². The molecule has 1 aliphatic rings. The number of nitrogens with one attached hydrogen (secondary N) is 2. The van der Waals surface area contributed by atoms with Gasteiger partial charge in [0.05, 0.1) is 6.54 Å². The van der Waals surface area contributed by atoms with E-state index < -0.39 is 12.7 Å². The predicted molar refractivity (Wildman–Crippen MR) is 120 cm³/mol. The van der Waals surface area contributed by atoms with Gasteiger partial charge in [-0.05, 0) is 24.1 Å². The minimum absolute atomic E-state index is 0. The van der Waals surface area contributed by atoms with Gasteiger partial charge in [-0.25, -0.2) is 0 Å². The molecule has 1 heterocycles. The van der Waals surface area contributed by atoms with E-state index in [1.54, 1.807) is 27.2 Å². The summed E-state index contributed by atoms with van der Waals surface area (Å²) in [5, 5.41) is 6.32. The number of carbonyl (C=O) groups excluding carboxylic acids is 1. The van der Waals surface area contributed by atoms with Crippen molar-refractivity contribution in [1.82, 2.24) is 20.4 Å². The third-order valence-corrected chi connectivity index (χ3v) is 4.46. The zero-order chi connectivity index (χ0) is 21.4. The number of carbonyl (C=O) groups is 1. The number of guanidine groups is 1. The molecule has 0 aromatic heterocycles. The van der Waals surface area contributed by atoms with Gasteiger partial charge in [-0.2, -0.15) is 13.2 Å². The summed E-state index contributed by atoms with van der Waals surface area (Å²) in [6.07, 6.45) is -3.56. The van der Waals surface area contributed by atoms with Crippen LogP contribution >= 0.6 is 24.0 Å². The molecule has 0 bridgehead atoms. The number of aliphatic imine (C=N–C) groups is 1. The van der Waals surface area contributed by atoms with E-state index in [2.05, 4.69) is 15.6 Å². The summed E-state index contributed by atoms with van der Waals surface area (Å²) in [6, 6.07) is 7.24. The summed E-state index contributed by atoms with van der Waals surface area (Å²) in [5.74, 6) is 0.980. The van der Waals surface area contributed by atoms with Gasteiger partial charge in [0.25, 0.3) is 5.91 Å². The molecule has 1 aromatic carbocycles. The fourth-order valence-corrected chi connectivity index (χ4v) is 2.94. The number of alkyl halides is 3. The van der Waals surface area contributed by atoms with Gasteiger partial charge in [0.2, 0.25) is 0 Å². The first-order valence-electron chi connectivity index (χ1n) is 9.34. The van der Waals surface area contributed by atoms with E-state index in [9.17, 15) is 18.0 Å². The van der Waals surface area contributed by atoms with Crippen molar-refractivity contribution in [2.75, 3.05) is 47.4 Å². The lowest BCUT2D eigenvalue weighted by Crippen LogP contribution is -2.44. The van der Waals surface area contributed by atoms with Crippen LogP contribution in [0.2, 0.25) is 0 Å². The highest BCUT2D eigenvalue weighted by molar-refractivity contribution is 14.0. The fourth-order valence-electron chi connectivity index (χ4n) is 2.94. The maximum absolute atomic E-state index is 12.5. The first kappa shape index (κ1) is 26.3. The molecule has 1 unspecified atom stereocenters. The number of nitrogens with zero attached hydrogens (tertiary/aromatic N) is 3. The van der Waals surface area contributed by atoms with Gasteiger partial charge in [-0.15, -0.1) is 24.0 Å². The second-order valence-electron chi connectivity index (χ2n) is 7.13. The molecule has 1 amide bonds. The van der Waals surface area contributed by atoms with Crippen LogP contribution in [0.3, 0.4) is 0 Å². The molecule has 7 nitrogen and oxygen atoms in total. The van der Waals surface area contributed by atoms with E-state index in [4.69, 9.17) is 4.74 Å². The van der Waals surface area contributed by atoms with Crippen LogP contribution in [0, 0.1) is 0 Å². The molecule has 11 heteroatoms. The molecular formula is C19H29F3IN5O2. The van der Waals surface area contributed by atoms with Gasteiger partial charge in [-0.1, -0.05) is 12.1 Å². The number of rotatable bonds is 7. The second-order valence-corrected chi connectivity index (χ2v) is 7.13. The average molecular weight is 543 g/mol. The number of amides is 1. The predicted octanol–water partition coefficient (Wildman–Crippen LogP) is 2.07. The van der Waals surface area contributed by atoms with Gasteiger partial charge in [0.1, 0.15) is 5.75 Å². The van der Waals surface area contributed by atoms with Crippen molar-refractivity contribution in [2.45, 2.75) is 25.2 Å². The first-order chi connectivity index (χ1) is 13.7. The summed E-state index contributed by atoms with van der Waals surface area (Å²) in [6.45, 7) is 0.254. The topological polar surface area (TPSA) is 69.2 Å². The Morgan fingerprint density at radius 3 is 2.73 bits per heavy atom. The van der Waals surface area contributed by atoms with Crippen LogP contribution in [0.5, 0.6) is 5.75 Å². The van der Waals surface area contributed by atoms with E-state index in [0.29, 0.717) is 37.8 Å². The molecule has 1 atom stereocenters. The number of ether oxygens (including phenoxy) is 1. The zero-order valence-electron chi connectivity index (χ0n) is 17.3. The largest absolute Gasteiger partial charge is 0.484 e. The maximum Gasteiger partial charge on any atom is 0.401 e. The van der Waals surface area contributed by atoms with E-state index >= 15 is 0 Å². The first-order valence-corrected chi connectivity index (χ1v) is 9.34. The van der Waals surface area contributed by atoms with Crippen LogP contribution in [0.25, 0.3) is 0 Å². The Labute approximate surface area is 192 Å². The summed E-state index contributed by atoms with van der Waals surface area (Å²) in [4.78, 5) is 18.6. The molecule has 0 radical (unpaired) electrons. The SMILES string of the molecule is CN=C(NCc1cccc(OCC(=O)N(C)C)c1)NC1CCN(CC(F)(F)F)C1.I. The number of hydrogen-bond acceptors (Lipinski definition) is 4. The standard InChI is InChI=1S/C19H28F3N5O2.HI/c1-23-18(25-15-7-8-27(11-15)13-19(20,21)22)24-10-14-5-4-6-16(9-14)29-12-17(28)26(2)3;/h4-6,9,15H,7-8,10-13H2,1-3H3,(H2,23,24,25);1H. The van der Waals surface area contributed by atoms with Gasteiger partial charge >= 0.3 is 6.18 Å². The smallest absolute Gasteiger partial charge is 0.401 e. The van der Waals surface area contributed by atoms with Crippen LogP contribution in [-0.2, 0) is 11.3 Å². The lowest BCUT2D eigenvalue weighted by Gasteiger charge is -2.20. The highest BCUT2D eigenvalue weighted by Crippen LogP contribution is 2.20. The third-order valence-electron chi connectivity index (χ3n) is 4.46. The molecule has 30 heavy (non-hydrogen) atoms. The van der Waals surface area contributed by atoms with Crippen LogP contribution < -0.4 is 15.4 Å². The Morgan fingerprint density at radius 2 is 2.10 bits per heavy atom. The Kier molecular flexibility index (Phi) is 10.7. The molecule has 0 spiro atoms. The lowest BCUT2D eigenvalue weighted by molar-refractivity contribution is -0.143. The van der Waals surface area contributed by atoms with Gasteiger partial charge in [0, 0.05) is 46.8 Å². The minimum atomic E-state index is -4.18. The van der Waals surface area contributed by atoms with Crippen molar-refractivity contribution in [3.05, 3.63) is 29.8 Å². The van der Waals surface area contributed by atoms with Crippen molar-refractivity contribution >= 4 is 35.8 Å². The van der Waals surface area contributed by atoms with Gasteiger partial charge in [0.15, 0.2) is 12.6 Å². The molecule has 0 aliphatic carbocycles. The van der Waals surface area contributed by atoms with Crippen molar-refractivity contribution in [2.24, 2.45) is 4.99 Å². The van der Waals surface area contributed by atoms with E-state index in [0.717, 1.165) is 5.56 Å². The van der Waals surface area contributed by atoms with Crippen molar-refractivity contribution in [3.8, 4) is 5.75 Å². The lowest BCUT2D eigenvalue weighted by atomic mass is 10.2. The monoisotopic (exact) mass is 543 g/mol. The average Bonchev–Trinajstić information content (AvgIpc) is 3.08. The van der Waals surface area contributed by atoms with Crippen molar-refractivity contribution in [3.63, 3.8) is 0 Å². The molecule has 2 N–H and O–H groups in total. The normalized spacial score (nSPS) is 17.3. The molecule has 1 saturated heterocycles. The van der Waals surface area contributed by atoms with Crippen LogP contribution in [-0.4, -0.2) is 81.3 Å². The fraction of sp³-hybridized carbons (Fsp3) is 0.579. The second kappa shape index (κ2) is 12.2. The molecule has 1 fully saturated rings. The molecule has 2 rings (SSSR count). The van der Waals surface area contributed by atoms with Crippen molar-refractivity contribution < 1.29 is 22.7 Å². The van der Waals surface area contributed by atoms with Gasteiger partial charge < -0.3 is 20.3 Å². The van der Waals surface area contributed by atoms with Crippen LogP contribution in [0.15, 0.2) is 29.3 Å². The van der Waals surface area contributed by atoms with E-state index in [-0.39, 0.29) is 42.5 Å². The van der Waals surface area contributed by atoms with Crippen LogP contribution in [0.1, 0.15) is 12.0 Å². The Balaban J connectivity index is 0.00000450. The quantitative estimate of drug-likeness (QED) is 0.313. The number of hydrogen-bond donors (Lipinski definition) is 2. The summed E-state index contributed by atoms with van der Waals surface area (Å²) in [5.41, 5.74) is 0.924. The van der Waals surface area contributed by atoms with E-state index in [1.165, 1.54) is 9.80 Å². The number of likely N-dealkylation sites (N-methyl/N-ethyl adjacent to an activating group) is 1. The highest BCUT2D eigenvalue weighted by atomic mass is 127. The van der Waals surface area contributed by atoms with Crippen LogP contribution in [0.4, 0.5) is 13.2 Å². The Hall–Kier alpha value is -1.76. The molecule has 1 aliphatic heterocycles. The number of benzene rings is 1. The summed E-state index contributed by atoms with van der Waals surface area (Å²) < 4.78 is 43.0. The maximum atomic E-state index is 12.5. The number of likely N-dealkylation sites (tertiary alicyclic amines) is 1. The van der Waals surface area contributed by atoms with E-state index in [1.807, 2.05) is 18.2 Å². The molecular weight excluding hydrogens is 514 g/mol.